The van der Waals surface area contributed by atoms with Crippen molar-refractivity contribution in [3.63, 3.8) is 0 Å². The van der Waals surface area contributed by atoms with Gasteiger partial charge in [0.15, 0.2) is 5.76 Å². The van der Waals surface area contributed by atoms with E-state index in [0.29, 0.717) is 57.4 Å². The molecule has 1 aliphatic carbocycles. The van der Waals surface area contributed by atoms with Gasteiger partial charge < -0.3 is 8.83 Å². The van der Waals surface area contributed by atoms with Crippen molar-refractivity contribution in [3.05, 3.63) is 81.2 Å². The molecule has 3 amide bonds. The van der Waals surface area contributed by atoms with Crippen LogP contribution in [0.5, 0.6) is 0 Å². The van der Waals surface area contributed by atoms with Crippen LogP contribution in [0.1, 0.15) is 66.8 Å². The van der Waals surface area contributed by atoms with Gasteiger partial charge in [0.1, 0.15) is 11.5 Å². The van der Waals surface area contributed by atoms with Crippen molar-refractivity contribution in [1.29, 1.82) is 0 Å². The van der Waals surface area contributed by atoms with Crippen LogP contribution < -0.4 is 16.3 Å². The molecule has 0 unspecified atom stereocenters. The molecule has 0 atom stereocenters. The zero-order valence-corrected chi connectivity index (χ0v) is 18.7. The molecule has 33 heavy (non-hydrogen) atoms. The molecule has 1 aliphatic rings. The number of hydrogen-bond donors (Lipinski definition) is 3. The second-order valence-corrected chi connectivity index (χ2v) is 7.95. The summed E-state index contributed by atoms with van der Waals surface area (Å²) in [5, 5.41) is 4.73. The van der Waals surface area contributed by atoms with Crippen molar-refractivity contribution in [2.45, 2.75) is 33.1 Å². The zero-order chi connectivity index (χ0) is 23.5. The number of nitrogens with one attached hydrogen (secondary N) is 3. The van der Waals surface area contributed by atoms with Crippen molar-refractivity contribution >= 4 is 35.0 Å². The lowest BCUT2D eigenvalue weighted by Crippen LogP contribution is -2.41. The Morgan fingerprint density at radius 3 is 2.55 bits per heavy atom. The molecule has 3 N–H and O–H groups in total. The second-order valence-electron chi connectivity index (χ2n) is 7.52. The Bertz CT molecular complexity index is 1270. The number of rotatable bonds is 4. The Hall–Kier alpha value is -3.85. The molecule has 0 spiro atoms. The Morgan fingerprint density at radius 1 is 1.03 bits per heavy atom. The van der Waals surface area contributed by atoms with Crippen LogP contribution in [0.3, 0.4) is 0 Å². The number of halogens is 1. The van der Waals surface area contributed by atoms with Gasteiger partial charge in [0.2, 0.25) is 0 Å². The van der Waals surface area contributed by atoms with E-state index in [0.717, 1.165) is 6.42 Å². The van der Waals surface area contributed by atoms with Gasteiger partial charge in [0.05, 0.1) is 17.5 Å². The number of furan rings is 2. The summed E-state index contributed by atoms with van der Waals surface area (Å²) in [6.07, 6.45) is 3.39. The van der Waals surface area contributed by atoms with Gasteiger partial charge in [-0.2, -0.15) is 5.10 Å². The number of fused-ring (bicyclic) bond motifs is 1. The Labute approximate surface area is 194 Å². The highest BCUT2D eigenvalue weighted by Crippen LogP contribution is 2.29. The first-order valence-electron chi connectivity index (χ1n) is 10.2. The maximum Gasteiger partial charge on any atom is 0.305 e. The predicted octanol–water partition coefficient (Wildman–Crippen LogP) is 3.69. The molecule has 1 aromatic carbocycles. The average Bonchev–Trinajstić information content (AvgIpc) is 3.39. The molecule has 9 nitrogen and oxygen atoms in total. The first kappa shape index (κ1) is 22.3. The van der Waals surface area contributed by atoms with E-state index in [2.05, 4.69) is 21.4 Å². The Kier molecular flexibility index (Phi) is 6.32. The van der Waals surface area contributed by atoms with Gasteiger partial charge in [-0.25, -0.2) is 5.43 Å². The molecular weight excluding hydrogens is 448 g/mol. The molecule has 0 saturated carbocycles. The molecule has 4 rings (SSSR count). The van der Waals surface area contributed by atoms with Crippen molar-refractivity contribution < 1.29 is 23.2 Å². The summed E-state index contributed by atoms with van der Waals surface area (Å²) in [6.45, 7) is 3.38. The highest BCUT2D eigenvalue weighted by molar-refractivity contribution is 6.31. The van der Waals surface area contributed by atoms with Crippen LogP contribution in [0.4, 0.5) is 0 Å². The number of nitrogens with zero attached hydrogens (tertiary/aromatic N) is 1. The third-order valence-corrected chi connectivity index (χ3v) is 5.54. The molecule has 2 aromatic heterocycles. The van der Waals surface area contributed by atoms with E-state index in [1.54, 1.807) is 38.1 Å². The number of hydrazine groups is 1. The van der Waals surface area contributed by atoms with Crippen LogP contribution in [-0.4, -0.2) is 23.4 Å². The molecule has 0 aliphatic heterocycles. The fourth-order valence-corrected chi connectivity index (χ4v) is 3.86. The highest BCUT2D eigenvalue weighted by Gasteiger charge is 2.28. The number of hydrazone groups is 1. The number of aryl methyl sites for hydroxylation is 2. The summed E-state index contributed by atoms with van der Waals surface area (Å²) >= 11 is 5.94. The smallest absolute Gasteiger partial charge is 0.305 e. The first-order valence-corrected chi connectivity index (χ1v) is 10.6. The van der Waals surface area contributed by atoms with Crippen molar-refractivity contribution in [2.75, 3.05) is 0 Å². The van der Waals surface area contributed by atoms with E-state index in [9.17, 15) is 14.4 Å². The van der Waals surface area contributed by atoms with Gasteiger partial charge in [0.25, 0.3) is 11.8 Å². The number of carbonyl (C=O) groups excluding carboxylic acids is 3. The monoisotopic (exact) mass is 468 g/mol. The van der Waals surface area contributed by atoms with Crippen LogP contribution in [0, 0.1) is 13.8 Å². The lowest BCUT2D eigenvalue weighted by atomic mass is 9.93. The Morgan fingerprint density at radius 2 is 1.82 bits per heavy atom. The summed E-state index contributed by atoms with van der Waals surface area (Å²) in [4.78, 5) is 37.3. The first-order chi connectivity index (χ1) is 15.8. The molecule has 0 saturated heterocycles. The lowest BCUT2D eigenvalue weighted by molar-refractivity contribution is 0.0828. The van der Waals surface area contributed by atoms with E-state index in [4.69, 9.17) is 20.4 Å². The standard InChI is InChI=1S/C23H21ClN4O5/c1-12-19-17(25-26-21(29)14-5-3-6-15(24)11-14)7-4-8-18(19)33-20(12)23(31)28-27-22(30)16-9-10-32-13(16)2/h3,5-6,9-11H,4,7-8H2,1-2H3,(H,26,29)(H,27,30)(H,28,31)/b25-17+. The Balaban J connectivity index is 1.49. The van der Waals surface area contributed by atoms with Gasteiger partial charge >= 0.3 is 5.91 Å². The van der Waals surface area contributed by atoms with Crippen LogP contribution in [0.15, 0.2) is 50.5 Å². The summed E-state index contributed by atoms with van der Waals surface area (Å²) in [5.74, 6) is -0.384. The number of hydrogen-bond acceptors (Lipinski definition) is 6. The van der Waals surface area contributed by atoms with Crippen molar-refractivity contribution in [2.24, 2.45) is 5.10 Å². The predicted molar refractivity (Wildman–Crippen MR) is 120 cm³/mol. The average molecular weight is 469 g/mol. The van der Waals surface area contributed by atoms with E-state index < -0.39 is 17.7 Å². The quantitative estimate of drug-likeness (QED) is 0.503. The van der Waals surface area contributed by atoms with Crippen molar-refractivity contribution in [1.82, 2.24) is 16.3 Å². The fraction of sp³-hybridized carbons (Fsp3) is 0.217. The maximum atomic E-state index is 12.7. The minimum absolute atomic E-state index is 0.0694. The van der Waals surface area contributed by atoms with Crippen LogP contribution >= 0.6 is 11.6 Å². The third-order valence-electron chi connectivity index (χ3n) is 5.30. The zero-order valence-electron chi connectivity index (χ0n) is 18.0. The normalized spacial score (nSPS) is 14.0. The minimum atomic E-state index is -0.598. The fourth-order valence-electron chi connectivity index (χ4n) is 3.67. The molecule has 0 radical (unpaired) electrons. The third kappa shape index (κ3) is 4.68. The SMILES string of the molecule is Cc1occc1C(=O)NNC(=O)c1oc2c(c1C)/C(=N/NC(=O)c1cccc(Cl)c1)CCC2. The van der Waals surface area contributed by atoms with E-state index >= 15 is 0 Å². The van der Waals surface area contributed by atoms with Gasteiger partial charge in [-0.05, 0) is 51.0 Å². The largest absolute Gasteiger partial charge is 0.469 e. The number of amides is 3. The molecular formula is C23H21ClN4O5. The van der Waals surface area contributed by atoms with E-state index in [-0.39, 0.29) is 5.76 Å². The highest BCUT2D eigenvalue weighted by atomic mass is 35.5. The van der Waals surface area contributed by atoms with Crippen LogP contribution in [0.25, 0.3) is 0 Å². The molecule has 2 heterocycles. The maximum absolute atomic E-state index is 12.7. The molecule has 0 fully saturated rings. The van der Waals surface area contributed by atoms with Gasteiger partial charge in [-0.15, -0.1) is 0 Å². The van der Waals surface area contributed by atoms with Crippen molar-refractivity contribution in [3.8, 4) is 0 Å². The minimum Gasteiger partial charge on any atom is -0.469 e. The van der Waals surface area contributed by atoms with E-state index in [1.165, 1.54) is 12.3 Å². The molecule has 10 heteroatoms. The summed E-state index contributed by atoms with van der Waals surface area (Å²) in [6, 6.07) is 8.06. The number of benzene rings is 1. The van der Waals surface area contributed by atoms with Gasteiger partial charge in [-0.1, -0.05) is 17.7 Å². The molecule has 0 bridgehead atoms. The van der Waals surface area contributed by atoms with Gasteiger partial charge in [0, 0.05) is 28.1 Å². The van der Waals surface area contributed by atoms with Crippen LogP contribution in [0.2, 0.25) is 5.02 Å². The van der Waals surface area contributed by atoms with Gasteiger partial charge in [-0.3, -0.25) is 25.2 Å². The topological polar surface area (TPSA) is 126 Å². The summed E-state index contributed by atoms with van der Waals surface area (Å²) in [5.41, 5.74) is 9.84. The second kappa shape index (κ2) is 9.33. The summed E-state index contributed by atoms with van der Waals surface area (Å²) in [7, 11) is 0. The molecule has 170 valence electrons. The number of carbonyl (C=O) groups is 3. The van der Waals surface area contributed by atoms with E-state index in [1.807, 2.05) is 0 Å². The summed E-state index contributed by atoms with van der Waals surface area (Å²) < 4.78 is 10.9. The van der Waals surface area contributed by atoms with Crippen LogP contribution in [-0.2, 0) is 6.42 Å². The lowest BCUT2D eigenvalue weighted by Gasteiger charge is -2.13. The molecule has 3 aromatic rings.